The molecule has 1 heterocycles. The summed E-state index contributed by atoms with van der Waals surface area (Å²) in [5.41, 5.74) is 1.96. The van der Waals surface area contributed by atoms with Crippen molar-refractivity contribution in [2.24, 2.45) is 5.92 Å². The topological polar surface area (TPSA) is 20.3 Å². The SMILES string of the molecule is Cc1ccccc1C(=O)CN1CC(C)CC1C. The van der Waals surface area contributed by atoms with Crippen LogP contribution in [0.4, 0.5) is 0 Å². The number of rotatable bonds is 3. The minimum atomic E-state index is 0.254. The van der Waals surface area contributed by atoms with Crippen molar-refractivity contribution in [1.82, 2.24) is 4.90 Å². The van der Waals surface area contributed by atoms with E-state index in [1.165, 1.54) is 6.42 Å². The largest absolute Gasteiger partial charge is 0.293 e. The molecule has 17 heavy (non-hydrogen) atoms. The number of benzene rings is 1. The van der Waals surface area contributed by atoms with Gasteiger partial charge in [0.1, 0.15) is 0 Å². The number of carbonyl (C=O) groups excluding carboxylic acids is 1. The first-order valence-electron chi connectivity index (χ1n) is 6.41. The quantitative estimate of drug-likeness (QED) is 0.745. The van der Waals surface area contributed by atoms with Gasteiger partial charge in [0, 0.05) is 18.2 Å². The summed E-state index contributed by atoms with van der Waals surface area (Å²) < 4.78 is 0. The van der Waals surface area contributed by atoms with Crippen LogP contribution >= 0.6 is 0 Å². The summed E-state index contributed by atoms with van der Waals surface area (Å²) in [6.45, 7) is 8.10. The molecule has 0 N–H and O–H groups in total. The van der Waals surface area contributed by atoms with Crippen molar-refractivity contribution in [3.8, 4) is 0 Å². The number of nitrogens with zero attached hydrogens (tertiary/aromatic N) is 1. The van der Waals surface area contributed by atoms with Gasteiger partial charge < -0.3 is 0 Å². The highest BCUT2D eigenvalue weighted by molar-refractivity contribution is 5.98. The summed E-state index contributed by atoms with van der Waals surface area (Å²) >= 11 is 0. The summed E-state index contributed by atoms with van der Waals surface area (Å²) in [7, 11) is 0. The number of carbonyl (C=O) groups is 1. The first kappa shape index (κ1) is 12.3. The van der Waals surface area contributed by atoms with Gasteiger partial charge in [0.05, 0.1) is 6.54 Å². The average Bonchev–Trinajstić information content (AvgIpc) is 2.58. The lowest BCUT2D eigenvalue weighted by molar-refractivity contribution is 0.0924. The Morgan fingerprint density at radius 3 is 2.65 bits per heavy atom. The van der Waals surface area contributed by atoms with E-state index < -0.39 is 0 Å². The Balaban J connectivity index is 2.05. The number of Topliss-reactive ketones (excluding diaryl/α,β-unsaturated/α-hetero) is 1. The summed E-state index contributed by atoms with van der Waals surface area (Å²) in [4.78, 5) is 14.5. The van der Waals surface area contributed by atoms with Crippen LogP contribution in [0.2, 0.25) is 0 Å². The Labute approximate surface area is 104 Å². The van der Waals surface area contributed by atoms with E-state index >= 15 is 0 Å². The number of likely N-dealkylation sites (tertiary alicyclic amines) is 1. The van der Waals surface area contributed by atoms with Crippen molar-refractivity contribution in [3.63, 3.8) is 0 Å². The van der Waals surface area contributed by atoms with Crippen LogP contribution < -0.4 is 0 Å². The fraction of sp³-hybridized carbons (Fsp3) is 0.533. The molecule has 2 unspecified atom stereocenters. The van der Waals surface area contributed by atoms with Gasteiger partial charge in [-0.3, -0.25) is 9.69 Å². The molecule has 0 aromatic heterocycles. The third-order valence-electron chi connectivity index (χ3n) is 3.71. The molecule has 1 aliphatic rings. The fourth-order valence-electron chi connectivity index (χ4n) is 2.76. The number of hydrogen-bond donors (Lipinski definition) is 0. The number of ketones is 1. The predicted octanol–water partition coefficient (Wildman–Crippen LogP) is 2.91. The Kier molecular flexibility index (Phi) is 3.63. The molecule has 1 saturated heterocycles. The summed E-state index contributed by atoms with van der Waals surface area (Å²) in [5, 5.41) is 0. The second-order valence-electron chi connectivity index (χ2n) is 5.36. The van der Waals surface area contributed by atoms with Gasteiger partial charge in [-0.1, -0.05) is 31.2 Å². The molecule has 0 amide bonds. The van der Waals surface area contributed by atoms with Crippen LogP contribution in [-0.2, 0) is 0 Å². The molecule has 0 aliphatic carbocycles. The van der Waals surface area contributed by atoms with Crippen molar-refractivity contribution >= 4 is 5.78 Å². The van der Waals surface area contributed by atoms with Crippen LogP contribution in [0.25, 0.3) is 0 Å². The fourth-order valence-corrected chi connectivity index (χ4v) is 2.76. The standard InChI is InChI=1S/C15H21NO/c1-11-8-13(3)16(9-11)10-15(17)14-7-5-4-6-12(14)2/h4-7,11,13H,8-10H2,1-3H3. The maximum Gasteiger partial charge on any atom is 0.177 e. The molecule has 2 atom stereocenters. The van der Waals surface area contributed by atoms with E-state index in [4.69, 9.17) is 0 Å². The molecule has 1 aromatic carbocycles. The number of hydrogen-bond acceptors (Lipinski definition) is 2. The van der Waals surface area contributed by atoms with E-state index in [2.05, 4.69) is 18.7 Å². The third kappa shape index (κ3) is 2.75. The smallest absolute Gasteiger partial charge is 0.177 e. The molecule has 92 valence electrons. The lowest BCUT2D eigenvalue weighted by Gasteiger charge is -2.20. The highest BCUT2D eigenvalue weighted by atomic mass is 16.1. The van der Waals surface area contributed by atoms with Gasteiger partial charge in [0.15, 0.2) is 5.78 Å². The van der Waals surface area contributed by atoms with Crippen LogP contribution in [0, 0.1) is 12.8 Å². The second-order valence-corrected chi connectivity index (χ2v) is 5.36. The molecule has 2 rings (SSSR count). The molecular weight excluding hydrogens is 210 g/mol. The molecule has 2 nitrogen and oxygen atoms in total. The van der Waals surface area contributed by atoms with Gasteiger partial charge in [0.2, 0.25) is 0 Å². The zero-order valence-corrected chi connectivity index (χ0v) is 10.9. The summed E-state index contributed by atoms with van der Waals surface area (Å²) in [6.07, 6.45) is 1.21. The molecule has 0 radical (unpaired) electrons. The summed E-state index contributed by atoms with van der Waals surface area (Å²) in [6, 6.07) is 8.39. The Hall–Kier alpha value is -1.15. The van der Waals surface area contributed by atoms with Gasteiger partial charge in [-0.15, -0.1) is 0 Å². The molecule has 2 heteroatoms. The van der Waals surface area contributed by atoms with Crippen LogP contribution in [0.15, 0.2) is 24.3 Å². The van der Waals surface area contributed by atoms with E-state index in [1.807, 2.05) is 31.2 Å². The van der Waals surface area contributed by atoms with E-state index in [0.717, 1.165) is 23.6 Å². The van der Waals surface area contributed by atoms with Gasteiger partial charge in [0.25, 0.3) is 0 Å². The minimum absolute atomic E-state index is 0.254. The highest BCUT2D eigenvalue weighted by Gasteiger charge is 2.27. The van der Waals surface area contributed by atoms with Gasteiger partial charge >= 0.3 is 0 Å². The van der Waals surface area contributed by atoms with Crippen LogP contribution in [0.1, 0.15) is 36.2 Å². The van der Waals surface area contributed by atoms with Gasteiger partial charge in [-0.2, -0.15) is 0 Å². The summed E-state index contributed by atoms with van der Waals surface area (Å²) in [5.74, 6) is 0.971. The predicted molar refractivity (Wildman–Crippen MR) is 70.3 cm³/mol. The minimum Gasteiger partial charge on any atom is -0.293 e. The highest BCUT2D eigenvalue weighted by Crippen LogP contribution is 2.22. The Bertz CT molecular complexity index is 413. The zero-order chi connectivity index (χ0) is 12.4. The molecule has 0 bridgehead atoms. The van der Waals surface area contributed by atoms with Crippen molar-refractivity contribution in [3.05, 3.63) is 35.4 Å². The third-order valence-corrected chi connectivity index (χ3v) is 3.71. The maximum atomic E-state index is 12.2. The normalized spacial score (nSPS) is 25.1. The average molecular weight is 231 g/mol. The van der Waals surface area contributed by atoms with Crippen LogP contribution in [-0.4, -0.2) is 29.8 Å². The van der Waals surface area contributed by atoms with Crippen molar-refractivity contribution < 1.29 is 4.79 Å². The molecule has 1 fully saturated rings. The molecule has 1 aliphatic heterocycles. The first-order valence-corrected chi connectivity index (χ1v) is 6.41. The first-order chi connectivity index (χ1) is 8.08. The van der Waals surface area contributed by atoms with E-state index in [-0.39, 0.29) is 5.78 Å². The molecule has 0 saturated carbocycles. The van der Waals surface area contributed by atoms with Crippen molar-refractivity contribution in [1.29, 1.82) is 0 Å². The lowest BCUT2D eigenvalue weighted by Crippen LogP contribution is -2.33. The zero-order valence-electron chi connectivity index (χ0n) is 10.9. The number of aryl methyl sites for hydroxylation is 1. The van der Waals surface area contributed by atoms with Crippen LogP contribution in [0.5, 0.6) is 0 Å². The molecular formula is C15H21NO. The van der Waals surface area contributed by atoms with E-state index in [9.17, 15) is 4.79 Å². The lowest BCUT2D eigenvalue weighted by atomic mass is 10.0. The monoisotopic (exact) mass is 231 g/mol. The molecule has 1 aromatic rings. The Morgan fingerprint density at radius 1 is 1.35 bits per heavy atom. The van der Waals surface area contributed by atoms with E-state index in [0.29, 0.717) is 12.6 Å². The van der Waals surface area contributed by atoms with Crippen molar-refractivity contribution in [2.75, 3.05) is 13.1 Å². The second kappa shape index (κ2) is 5.01. The van der Waals surface area contributed by atoms with E-state index in [1.54, 1.807) is 0 Å². The van der Waals surface area contributed by atoms with Crippen LogP contribution in [0.3, 0.4) is 0 Å². The van der Waals surface area contributed by atoms with Gasteiger partial charge in [-0.25, -0.2) is 0 Å². The Morgan fingerprint density at radius 2 is 2.06 bits per heavy atom. The molecule has 0 spiro atoms. The van der Waals surface area contributed by atoms with Crippen molar-refractivity contribution in [2.45, 2.75) is 33.2 Å². The maximum absolute atomic E-state index is 12.2. The van der Waals surface area contributed by atoms with Gasteiger partial charge in [-0.05, 0) is 31.7 Å².